The van der Waals surface area contributed by atoms with Gasteiger partial charge in [-0.15, -0.1) is 0 Å². The number of rotatable bonds is 5. The van der Waals surface area contributed by atoms with E-state index in [1.165, 1.54) is 13.0 Å². The minimum atomic E-state index is -3.55. The molecule has 0 fully saturated rings. The largest absolute Gasteiger partial charge is 0.347 e. The third-order valence-electron chi connectivity index (χ3n) is 3.21. The van der Waals surface area contributed by atoms with Crippen LogP contribution in [0.15, 0.2) is 18.2 Å². The van der Waals surface area contributed by atoms with Crippen molar-refractivity contribution in [2.24, 2.45) is 5.41 Å². The van der Waals surface area contributed by atoms with Crippen molar-refractivity contribution in [2.45, 2.75) is 39.8 Å². The SMILES string of the molecule is CC(NS(C)(=O)=O)C(=O)NC(c1ccc(F)cc1F)C(C)(C)C. The standard InChI is InChI=1S/C15H22F2N2O3S/c1-9(19-23(5,21)22)14(20)18-13(15(2,3)4)11-7-6-10(16)8-12(11)17/h6-9,13,19H,1-5H3,(H,18,20). The van der Waals surface area contributed by atoms with E-state index in [-0.39, 0.29) is 5.56 Å². The lowest BCUT2D eigenvalue weighted by Gasteiger charge is -2.33. The Hall–Kier alpha value is -1.54. The van der Waals surface area contributed by atoms with Crippen molar-refractivity contribution < 1.29 is 22.0 Å². The lowest BCUT2D eigenvalue weighted by molar-refractivity contribution is -0.123. The van der Waals surface area contributed by atoms with E-state index in [2.05, 4.69) is 10.0 Å². The van der Waals surface area contributed by atoms with Crippen LogP contribution in [0.3, 0.4) is 0 Å². The predicted octanol–water partition coefficient (Wildman–Crippen LogP) is 2.11. The summed E-state index contributed by atoms with van der Waals surface area (Å²) in [6.45, 7) is 6.75. The number of halogens is 2. The molecule has 0 aliphatic carbocycles. The van der Waals surface area contributed by atoms with Crippen LogP contribution in [0.4, 0.5) is 8.78 Å². The van der Waals surface area contributed by atoms with Gasteiger partial charge in [0, 0.05) is 11.6 Å². The molecule has 0 heterocycles. The zero-order valence-electron chi connectivity index (χ0n) is 13.8. The van der Waals surface area contributed by atoms with Crippen molar-refractivity contribution in [1.82, 2.24) is 10.0 Å². The van der Waals surface area contributed by atoms with Crippen LogP contribution in [-0.4, -0.2) is 26.6 Å². The van der Waals surface area contributed by atoms with Crippen LogP contribution in [0.2, 0.25) is 0 Å². The van der Waals surface area contributed by atoms with E-state index in [1.807, 2.05) is 0 Å². The van der Waals surface area contributed by atoms with Gasteiger partial charge in [0.2, 0.25) is 15.9 Å². The van der Waals surface area contributed by atoms with Crippen LogP contribution in [0.25, 0.3) is 0 Å². The highest BCUT2D eigenvalue weighted by Gasteiger charge is 2.31. The van der Waals surface area contributed by atoms with Gasteiger partial charge in [-0.05, 0) is 18.4 Å². The predicted molar refractivity (Wildman–Crippen MR) is 84.1 cm³/mol. The molecule has 8 heteroatoms. The number of benzene rings is 1. The third-order valence-corrected chi connectivity index (χ3v) is 3.99. The van der Waals surface area contributed by atoms with Gasteiger partial charge < -0.3 is 5.32 Å². The molecule has 2 atom stereocenters. The summed E-state index contributed by atoms with van der Waals surface area (Å²) in [5.41, 5.74) is -0.433. The second-order valence-electron chi connectivity index (χ2n) is 6.59. The van der Waals surface area contributed by atoms with Crippen LogP contribution >= 0.6 is 0 Å². The summed E-state index contributed by atoms with van der Waals surface area (Å²) in [4.78, 5) is 12.2. The number of nitrogens with one attached hydrogen (secondary N) is 2. The molecule has 0 bridgehead atoms. The maximum Gasteiger partial charge on any atom is 0.238 e. The van der Waals surface area contributed by atoms with Crippen LogP contribution < -0.4 is 10.0 Å². The van der Waals surface area contributed by atoms with Crippen molar-refractivity contribution in [3.8, 4) is 0 Å². The Bertz CT molecular complexity index is 684. The monoisotopic (exact) mass is 348 g/mol. The summed E-state index contributed by atoms with van der Waals surface area (Å²) >= 11 is 0. The van der Waals surface area contributed by atoms with E-state index < -0.39 is 45.1 Å². The molecule has 1 rings (SSSR count). The smallest absolute Gasteiger partial charge is 0.238 e. The molecule has 1 amide bonds. The number of sulfonamides is 1. The summed E-state index contributed by atoms with van der Waals surface area (Å²) in [6.07, 6.45) is 0.942. The van der Waals surface area contributed by atoms with Crippen LogP contribution in [0, 0.1) is 17.0 Å². The minimum absolute atomic E-state index is 0.138. The van der Waals surface area contributed by atoms with Gasteiger partial charge in [0.25, 0.3) is 0 Å². The van der Waals surface area contributed by atoms with Crippen molar-refractivity contribution in [1.29, 1.82) is 0 Å². The van der Waals surface area contributed by atoms with Gasteiger partial charge in [-0.3, -0.25) is 4.79 Å². The summed E-state index contributed by atoms with van der Waals surface area (Å²) in [5.74, 6) is -2.08. The van der Waals surface area contributed by atoms with E-state index in [4.69, 9.17) is 0 Å². The first-order valence-corrected chi connectivity index (χ1v) is 8.93. The van der Waals surface area contributed by atoms with Crippen molar-refractivity contribution in [3.05, 3.63) is 35.4 Å². The molecule has 2 N–H and O–H groups in total. The molecular formula is C15H22F2N2O3S. The second kappa shape index (κ2) is 6.92. The molecule has 1 aromatic rings. The fourth-order valence-electron chi connectivity index (χ4n) is 2.14. The van der Waals surface area contributed by atoms with E-state index in [0.29, 0.717) is 0 Å². The first kappa shape index (κ1) is 19.5. The van der Waals surface area contributed by atoms with E-state index in [1.54, 1.807) is 20.8 Å². The fourth-order valence-corrected chi connectivity index (χ4v) is 2.89. The summed E-state index contributed by atoms with van der Waals surface area (Å²) in [7, 11) is -3.55. The average Bonchev–Trinajstić information content (AvgIpc) is 2.33. The lowest BCUT2D eigenvalue weighted by atomic mass is 9.82. The summed E-state index contributed by atoms with van der Waals surface area (Å²) in [5, 5.41) is 2.63. The number of carbonyl (C=O) groups excluding carboxylic acids is 1. The highest BCUT2D eigenvalue weighted by molar-refractivity contribution is 7.88. The summed E-state index contributed by atoms with van der Waals surface area (Å²) < 4.78 is 51.7. The molecule has 0 aliphatic heterocycles. The van der Waals surface area contributed by atoms with Gasteiger partial charge in [-0.1, -0.05) is 26.8 Å². The molecule has 0 saturated heterocycles. The Labute approximate surface area is 135 Å². The molecule has 130 valence electrons. The highest BCUT2D eigenvalue weighted by atomic mass is 32.2. The molecule has 0 aromatic heterocycles. The second-order valence-corrected chi connectivity index (χ2v) is 8.37. The van der Waals surface area contributed by atoms with Gasteiger partial charge in [0.1, 0.15) is 11.6 Å². The van der Waals surface area contributed by atoms with Gasteiger partial charge in [-0.25, -0.2) is 21.9 Å². The topological polar surface area (TPSA) is 75.3 Å². The molecule has 1 aromatic carbocycles. The van der Waals surface area contributed by atoms with Gasteiger partial charge in [-0.2, -0.15) is 0 Å². The van der Waals surface area contributed by atoms with Crippen LogP contribution in [0.1, 0.15) is 39.3 Å². The third kappa shape index (κ3) is 5.87. The number of hydrogen-bond donors (Lipinski definition) is 2. The van der Waals surface area contributed by atoms with E-state index >= 15 is 0 Å². The Kier molecular flexibility index (Phi) is 5.87. The molecular weight excluding hydrogens is 326 g/mol. The average molecular weight is 348 g/mol. The van der Waals surface area contributed by atoms with Crippen LogP contribution in [-0.2, 0) is 14.8 Å². The van der Waals surface area contributed by atoms with Gasteiger partial charge in [0.05, 0.1) is 18.3 Å². The van der Waals surface area contributed by atoms with E-state index in [9.17, 15) is 22.0 Å². The minimum Gasteiger partial charge on any atom is -0.347 e. The zero-order valence-corrected chi connectivity index (χ0v) is 14.6. The maximum absolute atomic E-state index is 14.1. The Balaban J connectivity index is 3.08. The molecule has 0 radical (unpaired) electrons. The number of carbonyl (C=O) groups is 1. The first-order chi connectivity index (χ1) is 10.3. The van der Waals surface area contributed by atoms with E-state index in [0.717, 1.165) is 18.4 Å². The van der Waals surface area contributed by atoms with Crippen LogP contribution in [0.5, 0.6) is 0 Å². The first-order valence-electron chi connectivity index (χ1n) is 7.04. The number of amides is 1. The lowest BCUT2D eigenvalue weighted by Crippen LogP contribution is -2.47. The molecule has 0 saturated carbocycles. The maximum atomic E-state index is 14.1. The summed E-state index contributed by atoms with van der Waals surface area (Å²) in [6, 6.07) is 1.37. The zero-order chi connectivity index (χ0) is 18.0. The van der Waals surface area contributed by atoms with Crippen molar-refractivity contribution in [2.75, 3.05) is 6.26 Å². The van der Waals surface area contributed by atoms with Gasteiger partial charge in [0.15, 0.2) is 0 Å². The molecule has 5 nitrogen and oxygen atoms in total. The Morgan fingerprint density at radius 3 is 2.22 bits per heavy atom. The fraction of sp³-hybridized carbons (Fsp3) is 0.533. The Morgan fingerprint density at radius 1 is 1.22 bits per heavy atom. The van der Waals surface area contributed by atoms with Crippen molar-refractivity contribution >= 4 is 15.9 Å². The van der Waals surface area contributed by atoms with Crippen molar-refractivity contribution in [3.63, 3.8) is 0 Å². The molecule has 23 heavy (non-hydrogen) atoms. The quantitative estimate of drug-likeness (QED) is 0.856. The Morgan fingerprint density at radius 2 is 1.78 bits per heavy atom. The normalized spacial score (nSPS) is 15.1. The highest BCUT2D eigenvalue weighted by Crippen LogP contribution is 2.34. The number of hydrogen-bond acceptors (Lipinski definition) is 3. The molecule has 0 aliphatic rings. The van der Waals surface area contributed by atoms with Gasteiger partial charge >= 0.3 is 0 Å². The molecule has 2 unspecified atom stereocenters. The molecule has 0 spiro atoms.